The molecule has 5 heteroatoms. The van der Waals surface area contributed by atoms with Crippen LogP contribution in [0, 0.1) is 11.3 Å². The second-order valence-electron chi connectivity index (χ2n) is 10.8. The molecule has 2 bridgehead atoms. The van der Waals surface area contributed by atoms with Crippen molar-refractivity contribution in [3.8, 4) is 5.75 Å². The Morgan fingerprint density at radius 1 is 1.03 bits per heavy atom. The molecule has 3 aliphatic rings. The molecule has 194 valence electrons. The van der Waals surface area contributed by atoms with Crippen LogP contribution in [0.15, 0.2) is 103 Å². The van der Waals surface area contributed by atoms with Crippen LogP contribution in [0.3, 0.4) is 0 Å². The third kappa shape index (κ3) is 3.80. The number of carbonyl (C=O) groups excluding carboxylic acids is 1. The van der Waals surface area contributed by atoms with E-state index in [2.05, 4.69) is 49.9 Å². The average molecular weight is 507 g/mol. The summed E-state index contributed by atoms with van der Waals surface area (Å²) in [7, 11) is 1.68. The number of benzene rings is 3. The Morgan fingerprint density at radius 2 is 1.71 bits per heavy atom. The minimum Gasteiger partial charge on any atom is -0.497 e. The summed E-state index contributed by atoms with van der Waals surface area (Å²) in [4.78, 5) is 21.8. The zero-order chi connectivity index (χ0) is 26.3. The van der Waals surface area contributed by atoms with Crippen LogP contribution in [-0.2, 0) is 16.1 Å². The van der Waals surface area contributed by atoms with Gasteiger partial charge in [-0.25, -0.2) is 0 Å². The van der Waals surface area contributed by atoms with E-state index in [-0.39, 0.29) is 17.7 Å². The average Bonchev–Trinajstić information content (AvgIpc) is 3.40. The lowest BCUT2D eigenvalue weighted by Crippen LogP contribution is -2.52. The monoisotopic (exact) mass is 506 g/mol. The molecule has 1 saturated heterocycles. The number of nitrogens with zero attached hydrogens (tertiary/aromatic N) is 2. The fraction of sp³-hybridized carbons (Fsp3) is 0.333. The van der Waals surface area contributed by atoms with E-state index in [1.807, 2.05) is 59.5 Å². The van der Waals surface area contributed by atoms with Crippen LogP contribution in [0.25, 0.3) is 0 Å². The number of amides is 1. The first-order valence-corrected chi connectivity index (χ1v) is 13.4. The number of methoxy groups -OCH3 is 1. The molecular weight excluding hydrogens is 472 g/mol. The highest BCUT2D eigenvalue weighted by atomic mass is 16.6. The quantitative estimate of drug-likeness (QED) is 0.336. The van der Waals surface area contributed by atoms with Gasteiger partial charge in [-0.3, -0.25) is 9.79 Å². The highest BCUT2D eigenvalue weighted by Crippen LogP contribution is 2.61. The van der Waals surface area contributed by atoms with Crippen molar-refractivity contribution in [1.29, 1.82) is 0 Å². The topological polar surface area (TPSA) is 51.1 Å². The first-order chi connectivity index (χ1) is 18.5. The Bertz CT molecular complexity index is 1350. The van der Waals surface area contributed by atoms with Crippen molar-refractivity contribution in [3.05, 3.63) is 114 Å². The SMILES string of the molecule is C=CC[C@]12C[C@@]3(O[C@H](c4ccccc4)N=C3C[C@H](c3ccc(OC)cc3)[C@H]1C)N(Cc1ccccc1)C2=O. The summed E-state index contributed by atoms with van der Waals surface area (Å²) in [6.45, 7) is 6.80. The Hall–Kier alpha value is -3.70. The van der Waals surface area contributed by atoms with Crippen molar-refractivity contribution in [2.45, 2.75) is 50.6 Å². The summed E-state index contributed by atoms with van der Waals surface area (Å²) in [6.07, 6.45) is 3.37. The van der Waals surface area contributed by atoms with E-state index >= 15 is 0 Å². The number of rotatable bonds is 7. The summed E-state index contributed by atoms with van der Waals surface area (Å²) in [5.74, 6) is 1.13. The fourth-order valence-corrected chi connectivity index (χ4v) is 6.84. The number of carbonyl (C=O) groups is 1. The maximum absolute atomic E-state index is 14.6. The lowest BCUT2D eigenvalue weighted by Gasteiger charge is -2.40. The van der Waals surface area contributed by atoms with Gasteiger partial charge in [0.2, 0.25) is 5.91 Å². The van der Waals surface area contributed by atoms with Crippen molar-refractivity contribution in [2.75, 3.05) is 7.11 Å². The zero-order valence-electron chi connectivity index (χ0n) is 22.0. The summed E-state index contributed by atoms with van der Waals surface area (Å²) in [6, 6.07) is 28.6. The van der Waals surface area contributed by atoms with E-state index in [0.29, 0.717) is 19.4 Å². The summed E-state index contributed by atoms with van der Waals surface area (Å²) in [5, 5.41) is 0. The molecule has 1 aliphatic carbocycles. The summed E-state index contributed by atoms with van der Waals surface area (Å²) < 4.78 is 12.4. The van der Waals surface area contributed by atoms with Gasteiger partial charge in [0.1, 0.15) is 5.75 Å². The molecular formula is C33H34N2O3. The normalized spacial score (nSPS) is 29.9. The fourth-order valence-electron chi connectivity index (χ4n) is 6.84. The van der Waals surface area contributed by atoms with Crippen LogP contribution in [0.1, 0.15) is 55.0 Å². The number of ether oxygens (including phenoxy) is 2. The Balaban J connectivity index is 1.50. The molecule has 6 rings (SSSR count). The smallest absolute Gasteiger partial charge is 0.232 e. The lowest BCUT2D eigenvalue weighted by molar-refractivity contribution is -0.152. The van der Waals surface area contributed by atoms with E-state index in [1.165, 1.54) is 5.56 Å². The van der Waals surface area contributed by atoms with E-state index in [9.17, 15) is 4.79 Å². The standard InChI is InChI=1S/C33H34N2O3/c1-4-19-32-22-33(35(31(32)36)21-24-11-7-5-8-12-24)29(34-30(38-33)26-13-9-6-10-14-26)20-28(23(32)2)25-15-17-27(37-3)18-16-25/h4-18,23,28,30H,1,19-22H2,2-3H3/t23-,28+,30-,32+,33+/m1/s1. The number of hydrogen-bond acceptors (Lipinski definition) is 4. The van der Waals surface area contributed by atoms with E-state index in [0.717, 1.165) is 29.0 Å². The molecule has 0 radical (unpaired) electrons. The molecule has 1 saturated carbocycles. The van der Waals surface area contributed by atoms with Gasteiger partial charge in [0, 0.05) is 18.5 Å². The second kappa shape index (κ2) is 9.55. The highest BCUT2D eigenvalue weighted by Gasteiger charge is 2.68. The van der Waals surface area contributed by atoms with Crippen molar-refractivity contribution in [2.24, 2.45) is 16.3 Å². The van der Waals surface area contributed by atoms with Crippen molar-refractivity contribution in [1.82, 2.24) is 4.90 Å². The summed E-state index contributed by atoms with van der Waals surface area (Å²) >= 11 is 0. The predicted molar refractivity (Wildman–Crippen MR) is 149 cm³/mol. The van der Waals surface area contributed by atoms with Crippen molar-refractivity contribution in [3.63, 3.8) is 0 Å². The molecule has 2 aliphatic heterocycles. The Kier molecular flexibility index (Phi) is 6.19. The Labute approximate surface area is 224 Å². The number of aliphatic imine (C=N–C) groups is 1. The van der Waals surface area contributed by atoms with Crippen LogP contribution < -0.4 is 4.74 Å². The number of likely N-dealkylation sites (tertiary alicyclic amines) is 1. The van der Waals surface area contributed by atoms with Gasteiger partial charge < -0.3 is 14.4 Å². The van der Waals surface area contributed by atoms with Gasteiger partial charge in [-0.1, -0.05) is 85.8 Å². The third-order valence-electron chi connectivity index (χ3n) is 8.90. The third-order valence-corrected chi connectivity index (χ3v) is 8.90. The summed E-state index contributed by atoms with van der Waals surface area (Å²) in [5.41, 5.74) is 2.73. The van der Waals surface area contributed by atoms with Gasteiger partial charge >= 0.3 is 0 Å². The van der Waals surface area contributed by atoms with Gasteiger partial charge in [-0.05, 0) is 47.9 Å². The van der Waals surface area contributed by atoms with Crippen LogP contribution in [-0.4, -0.2) is 29.4 Å². The molecule has 1 spiro atoms. The van der Waals surface area contributed by atoms with Gasteiger partial charge in [0.05, 0.1) is 18.2 Å². The molecule has 2 fully saturated rings. The van der Waals surface area contributed by atoms with Crippen LogP contribution in [0.4, 0.5) is 0 Å². The molecule has 0 N–H and O–H groups in total. The first kappa shape index (κ1) is 24.6. The molecule has 5 atom stereocenters. The van der Waals surface area contributed by atoms with Crippen molar-refractivity contribution < 1.29 is 14.3 Å². The molecule has 38 heavy (non-hydrogen) atoms. The van der Waals surface area contributed by atoms with Gasteiger partial charge in [0.25, 0.3) is 0 Å². The molecule has 2 heterocycles. The molecule has 3 aromatic rings. The molecule has 3 aromatic carbocycles. The van der Waals surface area contributed by atoms with Gasteiger partial charge in [0.15, 0.2) is 12.0 Å². The molecule has 0 aromatic heterocycles. The highest BCUT2D eigenvalue weighted by molar-refractivity contribution is 6.03. The lowest BCUT2D eigenvalue weighted by atomic mass is 9.66. The predicted octanol–water partition coefficient (Wildman–Crippen LogP) is 6.68. The minimum atomic E-state index is -0.883. The largest absolute Gasteiger partial charge is 0.497 e. The molecule has 1 amide bonds. The second-order valence-corrected chi connectivity index (χ2v) is 10.8. The number of hydrogen-bond donors (Lipinski definition) is 0. The van der Waals surface area contributed by atoms with Gasteiger partial charge in [-0.2, -0.15) is 0 Å². The number of fused-ring (bicyclic) bond motifs is 1. The number of allylic oxidation sites excluding steroid dienone is 1. The van der Waals surface area contributed by atoms with E-state index in [4.69, 9.17) is 14.5 Å². The van der Waals surface area contributed by atoms with Gasteiger partial charge in [-0.15, -0.1) is 6.58 Å². The maximum atomic E-state index is 14.6. The van der Waals surface area contributed by atoms with E-state index < -0.39 is 17.4 Å². The first-order valence-electron chi connectivity index (χ1n) is 13.4. The van der Waals surface area contributed by atoms with Crippen LogP contribution in [0.5, 0.6) is 5.75 Å². The molecule has 0 unspecified atom stereocenters. The maximum Gasteiger partial charge on any atom is 0.232 e. The van der Waals surface area contributed by atoms with Crippen molar-refractivity contribution >= 4 is 11.6 Å². The Morgan fingerprint density at radius 3 is 2.37 bits per heavy atom. The van der Waals surface area contributed by atoms with Crippen LogP contribution >= 0.6 is 0 Å². The minimum absolute atomic E-state index is 0.0612. The van der Waals surface area contributed by atoms with Crippen LogP contribution in [0.2, 0.25) is 0 Å². The zero-order valence-corrected chi connectivity index (χ0v) is 22.0. The molecule has 5 nitrogen and oxygen atoms in total. The van der Waals surface area contributed by atoms with E-state index in [1.54, 1.807) is 7.11 Å².